The van der Waals surface area contributed by atoms with Crippen LogP contribution in [0.4, 0.5) is 0 Å². The predicted molar refractivity (Wildman–Crippen MR) is 105 cm³/mol. The Morgan fingerprint density at radius 2 is 1.85 bits per heavy atom. The number of ether oxygens (including phenoxy) is 1. The zero-order valence-electron chi connectivity index (χ0n) is 15.0. The highest BCUT2D eigenvalue weighted by atomic mass is 79.9. The van der Waals surface area contributed by atoms with Crippen molar-refractivity contribution in [1.29, 1.82) is 0 Å². The number of amides is 1. The highest BCUT2D eigenvalue weighted by Crippen LogP contribution is 2.21. The molecule has 0 fully saturated rings. The van der Waals surface area contributed by atoms with E-state index in [0.29, 0.717) is 17.6 Å². The van der Waals surface area contributed by atoms with E-state index in [-0.39, 0.29) is 22.5 Å². The summed E-state index contributed by atoms with van der Waals surface area (Å²) in [6.45, 7) is 4.81. The minimum Gasteiger partial charge on any atom is -0.374 e. The second-order valence-electron chi connectivity index (χ2n) is 6.28. The molecule has 1 N–H and O–H groups in total. The van der Waals surface area contributed by atoms with Gasteiger partial charge in [-0.25, -0.2) is 8.42 Å². The molecule has 0 atom stereocenters. The van der Waals surface area contributed by atoms with Gasteiger partial charge in [0.15, 0.2) is 9.84 Å². The molecule has 2 rings (SSSR count). The molecule has 0 unspecified atom stereocenters. The van der Waals surface area contributed by atoms with E-state index in [4.69, 9.17) is 4.74 Å². The van der Waals surface area contributed by atoms with Crippen molar-refractivity contribution in [2.75, 3.05) is 6.26 Å². The van der Waals surface area contributed by atoms with Crippen molar-refractivity contribution < 1.29 is 17.9 Å². The summed E-state index contributed by atoms with van der Waals surface area (Å²) in [6, 6.07) is 12.2. The van der Waals surface area contributed by atoms with Gasteiger partial charge in [0.25, 0.3) is 5.91 Å². The van der Waals surface area contributed by atoms with E-state index in [1.165, 1.54) is 12.1 Å². The molecule has 5 nitrogen and oxygen atoms in total. The number of hydrogen-bond donors (Lipinski definition) is 1. The van der Waals surface area contributed by atoms with Crippen molar-refractivity contribution in [2.45, 2.75) is 38.0 Å². The number of benzene rings is 2. The van der Waals surface area contributed by atoms with Gasteiger partial charge < -0.3 is 10.1 Å². The number of halogens is 1. The average molecular weight is 440 g/mol. The molecule has 0 aromatic heterocycles. The molecule has 2 aromatic rings. The van der Waals surface area contributed by atoms with Gasteiger partial charge in [0.1, 0.15) is 0 Å². The van der Waals surface area contributed by atoms with Gasteiger partial charge in [-0.05, 0) is 59.1 Å². The van der Waals surface area contributed by atoms with Crippen LogP contribution in [0, 0.1) is 0 Å². The third-order valence-electron chi connectivity index (χ3n) is 3.64. The Bertz CT molecular complexity index is 894. The van der Waals surface area contributed by atoms with E-state index in [1.54, 1.807) is 6.07 Å². The largest absolute Gasteiger partial charge is 0.374 e. The smallest absolute Gasteiger partial charge is 0.252 e. The maximum absolute atomic E-state index is 12.5. The van der Waals surface area contributed by atoms with Crippen molar-refractivity contribution in [3.8, 4) is 0 Å². The molecular formula is C19H22BrNO4S. The number of nitrogens with one attached hydrogen (secondary N) is 1. The van der Waals surface area contributed by atoms with E-state index in [1.807, 2.05) is 38.1 Å². The molecule has 2 aromatic carbocycles. The Kier molecular flexibility index (Phi) is 6.97. The minimum absolute atomic E-state index is 0.110. The summed E-state index contributed by atoms with van der Waals surface area (Å²) in [5.41, 5.74) is 2.26. The topological polar surface area (TPSA) is 72.5 Å². The predicted octanol–water partition coefficient (Wildman–Crippen LogP) is 3.71. The van der Waals surface area contributed by atoms with Crippen LogP contribution >= 0.6 is 15.9 Å². The third-order valence-corrected chi connectivity index (χ3v) is 5.44. The Morgan fingerprint density at radius 3 is 2.50 bits per heavy atom. The van der Waals surface area contributed by atoms with Gasteiger partial charge >= 0.3 is 0 Å². The summed E-state index contributed by atoms with van der Waals surface area (Å²) >= 11 is 3.30. The van der Waals surface area contributed by atoms with Crippen LogP contribution < -0.4 is 5.32 Å². The molecule has 0 saturated carbocycles. The quantitative estimate of drug-likeness (QED) is 0.713. The first-order valence-corrected chi connectivity index (χ1v) is 10.8. The van der Waals surface area contributed by atoms with Crippen molar-refractivity contribution in [1.82, 2.24) is 5.32 Å². The number of carbonyl (C=O) groups excluding carboxylic acids is 1. The lowest BCUT2D eigenvalue weighted by molar-refractivity contribution is 0.0657. The van der Waals surface area contributed by atoms with E-state index in [0.717, 1.165) is 17.4 Å². The van der Waals surface area contributed by atoms with Crippen LogP contribution in [0.2, 0.25) is 0 Å². The van der Waals surface area contributed by atoms with Crippen molar-refractivity contribution in [3.63, 3.8) is 0 Å². The Balaban J connectivity index is 2.08. The molecule has 26 heavy (non-hydrogen) atoms. The molecule has 0 bridgehead atoms. The SMILES string of the molecule is CC(C)OCc1cccc(CNC(=O)c2cc(S(C)(=O)=O)ccc2Br)c1. The van der Waals surface area contributed by atoms with Crippen LogP contribution in [0.3, 0.4) is 0 Å². The van der Waals surface area contributed by atoms with E-state index in [9.17, 15) is 13.2 Å². The fraction of sp³-hybridized carbons (Fsp3) is 0.316. The number of rotatable bonds is 7. The fourth-order valence-corrected chi connectivity index (χ4v) is 3.35. The molecule has 0 radical (unpaired) electrons. The lowest BCUT2D eigenvalue weighted by Crippen LogP contribution is -2.23. The van der Waals surface area contributed by atoms with Crippen LogP contribution in [0.15, 0.2) is 51.8 Å². The van der Waals surface area contributed by atoms with E-state index >= 15 is 0 Å². The molecule has 140 valence electrons. The van der Waals surface area contributed by atoms with Gasteiger partial charge in [-0.3, -0.25) is 4.79 Å². The van der Waals surface area contributed by atoms with Crippen molar-refractivity contribution >= 4 is 31.7 Å². The zero-order chi connectivity index (χ0) is 19.3. The first-order valence-electron chi connectivity index (χ1n) is 8.14. The Hall–Kier alpha value is -1.70. The summed E-state index contributed by atoms with van der Waals surface area (Å²) in [5.74, 6) is -0.341. The second-order valence-corrected chi connectivity index (χ2v) is 9.15. The van der Waals surface area contributed by atoms with Crippen molar-refractivity contribution in [2.24, 2.45) is 0 Å². The number of carbonyl (C=O) groups is 1. The highest BCUT2D eigenvalue weighted by Gasteiger charge is 2.15. The first kappa shape index (κ1) is 20.6. The number of hydrogen-bond acceptors (Lipinski definition) is 4. The maximum Gasteiger partial charge on any atom is 0.252 e. The lowest BCUT2D eigenvalue weighted by atomic mass is 10.1. The molecule has 0 heterocycles. The Morgan fingerprint density at radius 1 is 1.15 bits per heavy atom. The summed E-state index contributed by atoms with van der Waals surface area (Å²) in [4.78, 5) is 12.6. The molecule has 0 aliphatic carbocycles. The summed E-state index contributed by atoms with van der Waals surface area (Å²) in [7, 11) is -3.38. The number of sulfone groups is 1. The minimum atomic E-state index is -3.38. The molecule has 0 aliphatic heterocycles. The molecule has 0 aliphatic rings. The summed E-state index contributed by atoms with van der Waals surface area (Å²) < 4.78 is 29.5. The monoisotopic (exact) mass is 439 g/mol. The van der Waals surface area contributed by atoms with Gasteiger partial charge in [0.05, 0.1) is 23.2 Å². The molecule has 1 amide bonds. The lowest BCUT2D eigenvalue weighted by Gasteiger charge is -2.11. The third kappa shape index (κ3) is 5.93. The van der Waals surface area contributed by atoms with Crippen LogP contribution in [-0.4, -0.2) is 26.7 Å². The average Bonchev–Trinajstić information content (AvgIpc) is 2.57. The fourth-order valence-electron chi connectivity index (χ4n) is 2.28. The molecule has 0 saturated heterocycles. The van der Waals surface area contributed by atoms with Gasteiger partial charge in [0, 0.05) is 17.3 Å². The molecule has 0 spiro atoms. The highest BCUT2D eigenvalue weighted by molar-refractivity contribution is 9.10. The normalized spacial score (nSPS) is 11.6. The second kappa shape index (κ2) is 8.79. The van der Waals surface area contributed by atoms with Crippen LogP contribution in [-0.2, 0) is 27.7 Å². The van der Waals surface area contributed by atoms with Gasteiger partial charge in [-0.15, -0.1) is 0 Å². The maximum atomic E-state index is 12.5. The van der Waals surface area contributed by atoms with E-state index in [2.05, 4.69) is 21.2 Å². The van der Waals surface area contributed by atoms with Crippen LogP contribution in [0.1, 0.15) is 35.3 Å². The van der Waals surface area contributed by atoms with Crippen LogP contribution in [0.5, 0.6) is 0 Å². The Labute approximate surface area is 162 Å². The zero-order valence-corrected chi connectivity index (χ0v) is 17.4. The molecular weight excluding hydrogens is 418 g/mol. The summed E-state index contributed by atoms with van der Waals surface area (Å²) in [5, 5.41) is 2.82. The van der Waals surface area contributed by atoms with Gasteiger partial charge in [0.2, 0.25) is 0 Å². The molecule has 7 heteroatoms. The van der Waals surface area contributed by atoms with Gasteiger partial charge in [-0.1, -0.05) is 24.3 Å². The van der Waals surface area contributed by atoms with Gasteiger partial charge in [-0.2, -0.15) is 0 Å². The van der Waals surface area contributed by atoms with E-state index < -0.39 is 9.84 Å². The standard InChI is InChI=1S/C19H22BrNO4S/c1-13(2)25-12-15-6-4-5-14(9-15)11-21-19(22)17-10-16(26(3,23)24)7-8-18(17)20/h4-10,13H,11-12H2,1-3H3,(H,21,22). The van der Waals surface area contributed by atoms with Crippen molar-refractivity contribution in [3.05, 3.63) is 63.6 Å². The summed E-state index contributed by atoms with van der Waals surface area (Å²) in [6.07, 6.45) is 1.26. The first-order chi connectivity index (χ1) is 12.2. The van der Waals surface area contributed by atoms with Crippen LogP contribution in [0.25, 0.3) is 0 Å².